The van der Waals surface area contributed by atoms with Crippen molar-refractivity contribution in [2.24, 2.45) is 17.6 Å². The number of benzene rings is 1. The minimum Gasteiger partial charge on any atom is -0.339 e. The summed E-state index contributed by atoms with van der Waals surface area (Å²) < 4.78 is 0. The summed E-state index contributed by atoms with van der Waals surface area (Å²) in [5.74, 6) is 1.49. The monoisotopic (exact) mass is 258 g/mol. The van der Waals surface area contributed by atoms with Gasteiger partial charge in [0.25, 0.3) is 0 Å². The quantitative estimate of drug-likeness (QED) is 0.901. The molecule has 1 amide bonds. The number of hydrogen-bond donors (Lipinski definition) is 1. The van der Waals surface area contributed by atoms with Crippen LogP contribution in [-0.4, -0.2) is 29.9 Å². The maximum Gasteiger partial charge on any atom is 0.226 e. The SMILES string of the molecule is CC1CC(CN)CN1C(=O)C1CC1c1ccccc1. The van der Waals surface area contributed by atoms with Gasteiger partial charge in [-0.2, -0.15) is 0 Å². The number of amides is 1. The Kier molecular flexibility index (Phi) is 3.31. The molecule has 1 heterocycles. The number of hydrogen-bond acceptors (Lipinski definition) is 2. The highest BCUT2D eigenvalue weighted by Crippen LogP contribution is 2.49. The summed E-state index contributed by atoms with van der Waals surface area (Å²) in [7, 11) is 0. The maximum atomic E-state index is 12.5. The molecule has 1 aromatic rings. The van der Waals surface area contributed by atoms with Gasteiger partial charge in [0.15, 0.2) is 0 Å². The molecule has 0 spiro atoms. The van der Waals surface area contributed by atoms with E-state index < -0.39 is 0 Å². The molecule has 1 saturated carbocycles. The Morgan fingerprint density at radius 3 is 2.68 bits per heavy atom. The average Bonchev–Trinajstić information content (AvgIpc) is 3.16. The van der Waals surface area contributed by atoms with E-state index in [0.29, 0.717) is 30.3 Å². The Balaban J connectivity index is 1.64. The largest absolute Gasteiger partial charge is 0.339 e. The normalized spacial score (nSPS) is 33.5. The highest BCUT2D eigenvalue weighted by atomic mass is 16.2. The molecule has 3 nitrogen and oxygen atoms in total. The van der Waals surface area contributed by atoms with E-state index >= 15 is 0 Å². The highest BCUT2D eigenvalue weighted by molar-refractivity contribution is 5.83. The summed E-state index contributed by atoms with van der Waals surface area (Å²) in [6.07, 6.45) is 2.07. The lowest BCUT2D eigenvalue weighted by atomic mass is 10.1. The molecule has 102 valence electrons. The molecule has 2 aliphatic rings. The van der Waals surface area contributed by atoms with Crippen LogP contribution in [0.4, 0.5) is 0 Å². The third kappa shape index (κ3) is 2.39. The molecule has 0 aromatic heterocycles. The first-order valence-electron chi connectivity index (χ1n) is 7.26. The van der Waals surface area contributed by atoms with Crippen LogP contribution in [0.5, 0.6) is 0 Å². The zero-order chi connectivity index (χ0) is 13.4. The predicted molar refractivity (Wildman–Crippen MR) is 75.6 cm³/mol. The van der Waals surface area contributed by atoms with Crippen LogP contribution in [0.25, 0.3) is 0 Å². The molecule has 0 bridgehead atoms. The third-order valence-electron chi connectivity index (χ3n) is 4.61. The van der Waals surface area contributed by atoms with Crippen LogP contribution in [-0.2, 0) is 4.79 Å². The van der Waals surface area contributed by atoms with Gasteiger partial charge in [0.2, 0.25) is 5.91 Å². The second-order valence-electron chi connectivity index (χ2n) is 6.04. The van der Waals surface area contributed by atoms with E-state index in [-0.39, 0.29) is 5.92 Å². The summed E-state index contributed by atoms with van der Waals surface area (Å²) in [5.41, 5.74) is 7.04. The van der Waals surface area contributed by atoms with Gasteiger partial charge in [-0.3, -0.25) is 4.79 Å². The molecule has 1 aromatic carbocycles. The Labute approximate surface area is 114 Å². The predicted octanol–water partition coefficient (Wildman–Crippen LogP) is 1.99. The molecular formula is C16H22N2O. The second kappa shape index (κ2) is 4.97. The zero-order valence-corrected chi connectivity index (χ0v) is 11.5. The van der Waals surface area contributed by atoms with Crippen LogP contribution >= 0.6 is 0 Å². The molecule has 1 saturated heterocycles. The summed E-state index contributed by atoms with van der Waals surface area (Å²) in [5, 5.41) is 0. The lowest BCUT2D eigenvalue weighted by Gasteiger charge is -2.21. The Morgan fingerprint density at radius 1 is 1.32 bits per heavy atom. The number of rotatable bonds is 3. The van der Waals surface area contributed by atoms with Crippen molar-refractivity contribution in [3.8, 4) is 0 Å². The van der Waals surface area contributed by atoms with Gasteiger partial charge in [0.05, 0.1) is 0 Å². The van der Waals surface area contributed by atoms with Crippen LogP contribution in [0.1, 0.15) is 31.2 Å². The van der Waals surface area contributed by atoms with Gasteiger partial charge in [-0.1, -0.05) is 30.3 Å². The lowest BCUT2D eigenvalue weighted by Crippen LogP contribution is -2.35. The van der Waals surface area contributed by atoms with E-state index in [4.69, 9.17) is 5.73 Å². The minimum absolute atomic E-state index is 0.210. The third-order valence-corrected chi connectivity index (χ3v) is 4.61. The van der Waals surface area contributed by atoms with Crippen LogP contribution in [0.3, 0.4) is 0 Å². The van der Waals surface area contributed by atoms with Gasteiger partial charge in [-0.05, 0) is 43.7 Å². The zero-order valence-electron chi connectivity index (χ0n) is 11.5. The van der Waals surface area contributed by atoms with Crippen molar-refractivity contribution in [2.45, 2.75) is 31.7 Å². The van der Waals surface area contributed by atoms with E-state index in [1.54, 1.807) is 0 Å². The smallest absolute Gasteiger partial charge is 0.226 e. The van der Waals surface area contributed by atoms with E-state index in [1.807, 2.05) is 6.07 Å². The second-order valence-corrected chi connectivity index (χ2v) is 6.04. The van der Waals surface area contributed by atoms with Gasteiger partial charge < -0.3 is 10.6 Å². The molecule has 3 rings (SSSR count). The first-order chi connectivity index (χ1) is 9.20. The topological polar surface area (TPSA) is 46.3 Å². The fourth-order valence-corrected chi connectivity index (χ4v) is 3.37. The first kappa shape index (κ1) is 12.7. The molecule has 4 unspecified atom stereocenters. The Bertz CT molecular complexity index is 459. The molecular weight excluding hydrogens is 236 g/mol. The van der Waals surface area contributed by atoms with Gasteiger partial charge in [-0.15, -0.1) is 0 Å². The minimum atomic E-state index is 0.210. The molecule has 1 aliphatic carbocycles. The summed E-state index contributed by atoms with van der Waals surface area (Å²) in [6.45, 7) is 3.70. The van der Waals surface area contributed by atoms with E-state index in [9.17, 15) is 4.79 Å². The number of nitrogens with zero attached hydrogens (tertiary/aromatic N) is 1. The van der Waals surface area contributed by atoms with Crippen molar-refractivity contribution in [1.29, 1.82) is 0 Å². The highest BCUT2D eigenvalue weighted by Gasteiger charge is 2.47. The standard InChI is InChI=1S/C16H22N2O/c1-11-7-12(9-17)10-18(11)16(19)15-8-14(15)13-5-3-2-4-6-13/h2-6,11-12,14-15H,7-10,17H2,1H3. The number of likely N-dealkylation sites (tertiary alicyclic amines) is 1. The van der Waals surface area contributed by atoms with Crippen LogP contribution in [0, 0.1) is 11.8 Å². The molecule has 1 aliphatic heterocycles. The van der Waals surface area contributed by atoms with E-state index in [0.717, 1.165) is 19.4 Å². The van der Waals surface area contributed by atoms with Crippen molar-refractivity contribution in [1.82, 2.24) is 4.90 Å². The van der Waals surface area contributed by atoms with Gasteiger partial charge in [-0.25, -0.2) is 0 Å². The van der Waals surface area contributed by atoms with Crippen molar-refractivity contribution in [3.63, 3.8) is 0 Å². The van der Waals surface area contributed by atoms with Gasteiger partial charge in [0.1, 0.15) is 0 Å². The molecule has 0 radical (unpaired) electrons. The van der Waals surface area contributed by atoms with Crippen molar-refractivity contribution in [3.05, 3.63) is 35.9 Å². The molecule has 2 fully saturated rings. The maximum absolute atomic E-state index is 12.5. The number of carbonyl (C=O) groups excluding carboxylic acids is 1. The first-order valence-corrected chi connectivity index (χ1v) is 7.26. The van der Waals surface area contributed by atoms with Gasteiger partial charge in [0, 0.05) is 18.5 Å². The van der Waals surface area contributed by atoms with Crippen molar-refractivity contribution in [2.75, 3.05) is 13.1 Å². The van der Waals surface area contributed by atoms with Crippen molar-refractivity contribution < 1.29 is 4.79 Å². The van der Waals surface area contributed by atoms with Crippen LogP contribution in [0.2, 0.25) is 0 Å². The van der Waals surface area contributed by atoms with Crippen LogP contribution in [0.15, 0.2) is 30.3 Å². The van der Waals surface area contributed by atoms with Crippen molar-refractivity contribution >= 4 is 5.91 Å². The molecule has 19 heavy (non-hydrogen) atoms. The van der Waals surface area contributed by atoms with E-state index in [1.165, 1.54) is 5.56 Å². The van der Waals surface area contributed by atoms with E-state index in [2.05, 4.69) is 36.1 Å². The Morgan fingerprint density at radius 2 is 2.05 bits per heavy atom. The molecule has 2 N–H and O–H groups in total. The summed E-state index contributed by atoms with van der Waals surface area (Å²) in [6, 6.07) is 10.8. The fraction of sp³-hybridized carbons (Fsp3) is 0.562. The molecule has 4 atom stereocenters. The number of nitrogens with two attached hydrogens (primary N) is 1. The van der Waals surface area contributed by atoms with Crippen LogP contribution < -0.4 is 5.73 Å². The number of carbonyl (C=O) groups is 1. The fourth-order valence-electron chi connectivity index (χ4n) is 3.37. The van der Waals surface area contributed by atoms with Gasteiger partial charge >= 0.3 is 0 Å². The summed E-state index contributed by atoms with van der Waals surface area (Å²) in [4.78, 5) is 14.6. The summed E-state index contributed by atoms with van der Waals surface area (Å²) >= 11 is 0. The average molecular weight is 258 g/mol. The Hall–Kier alpha value is -1.35. The lowest BCUT2D eigenvalue weighted by molar-refractivity contribution is -0.133. The molecule has 3 heteroatoms.